The van der Waals surface area contributed by atoms with Crippen LogP contribution in [0.5, 0.6) is 0 Å². The quantitative estimate of drug-likeness (QED) is 0.868. The van der Waals surface area contributed by atoms with E-state index in [4.69, 9.17) is 0 Å². The molecule has 0 spiro atoms. The molecule has 2 N–H and O–H groups in total. The van der Waals surface area contributed by atoms with Gasteiger partial charge in [0.05, 0.1) is 6.61 Å². The van der Waals surface area contributed by atoms with Crippen molar-refractivity contribution in [1.82, 2.24) is 0 Å². The Bertz CT molecular complexity index is 534. The zero-order chi connectivity index (χ0) is 13.2. The molecular formula is C16H18O2. The number of aliphatic hydroxyl groups is 2. The van der Waals surface area contributed by atoms with Gasteiger partial charge in [-0.25, -0.2) is 0 Å². The van der Waals surface area contributed by atoms with Crippen molar-refractivity contribution in [3.63, 3.8) is 0 Å². The van der Waals surface area contributed by atoms with Gasteiger partial charge in [0.1, 0.15) is 5.60 Å². The molecule has 2 rings (SSSR count). The van der Waals surface area contributed by atoms with Gasteiger partial charge in [-0.3, -0.25) is 0 Å². The number of hydrogen-bond acceptors (Lipinski definition) is 2. The average Bonchev–Trinajstić information content (AvgIpc) is 2.39. The molecule has 2 aromatic rings. The summed E-state index contributed by atoms with van der Waals surface area (Å²) in [7, 11) is 0. The third-order valence-electron chi connectivity index (χ3n) is 3.31. The standard InChI is InChI=1S/C16H18O2/c1-12-8-9-15(13(2)10-12)16(18,11-17)14-6-4-3-5-7-14/h3-10,17-18H,11H2,1-2H3. The molecule has 1 unspecified atom stereocenters. The van der Waals surface area contributed by atoms with Crippen LogP contribution in [0.1, 0.15) is 22.3 Å². The maximum absolute atomic E-state index is 10.8. The van der Waals surface area contributed by atoms with Crippen molar-refractivity contribution in [2.75, 3.05) is 6.61 Å². The molecule has 2 heteroatoms. The van der Waals surface area contributed by atoms with Crippen molar-refractivity contribution in [3.05, 3.63) is 70.8 Å². The summed E-state index contributed by atoms with van der Waals surface area (Å²) in [5.74, 6) is 0. The maximum Gasteiger partial charge on any atom is 0.138 e. The third kappa shape index (κ3) is 2.17. The van der Waals surface area contributed by atoms with E-state index in [0.717, 1.165) is 16.7 Å². The highest BCUT2D eigenvalue weighted by Crippen LogP contribution is 2.31. The number of aliphatic hydroxyl groups excluding tert-OH is 1. The van der Waals surface area contributed by atoms with E-state index in [0.29, 0.717) is 5.56 Å². The predicted molar refractivity (Wildman–Crippen MR) is 72.4 cm³/mol. The van der Waals surface area contributed by atoms with E-state index in [-0.39, 0.29) is 6.61 Å². The second-order valence-electron chi connectivity index (χ2n) is 4.70. The summed E-state index contributed by atoms with van der Waals surface area (Å²) in [4.78, 5) is 0. The molecule has 2 nitrogen and oxygen atoms in total. The largest absolute Gasteiger partial charge is 0.393 e. The van der Waals surface area contributed by atoms with Gasteiger partial charge in [-0.15, -0.1) is 0 Å². The fourth-order valence-corrected chi connectivity index (χ4v) is 2.32. The second-order valence-corrected chi connectivity index (χ2v) is 4.70. The van der Waals surface area contributed by atoms with Gasteiger partial charge >= 0.3 is 0 Å². The van der Waals surface area contributed by atoms with E-state index in [1.54, 1.807) is 0 Å². The molecule has 0 aliphatic rings. The van der Waals surface area contributed by atoms with Crippen LogP contribution in [0.2, 0.25) is 0 Å². The van der Waals surface area contributed by atoms with Crippen molar-refractivity contribution in [2.45, 2.75) is 19.4 Å². The minimum Gasteiger partial charge on any atom is -0.393 e. The zero-order valence-electron chi connectivity index (χ0n) is 10.7. The van der Waals surface area contributed by atoms with Crippen LogP contribution < -0.4 is 0 Å². The van der Waals surface area contributed by atoms with Crippen LogP contribution in [-0.2, 0) is 5.60 Å². The third-order valence-corrected chi connectivity index (χ3v) is 3.31. The lowest BCUT2D eigenvalue weighted by molar-refractivity contribution is 0.0168. The fourth-order valence-electron chi connectivity index (χ4n) is 2.32. The van der Waals surface area contributed by atoms with Gasteiger partial charge in [0.2, 0.25) is 0 Å². The van der Waals surface area contributed by atoms with Crippen molar-refractivity contribution in [2.24, 2.45) is 0 Å². The second kappa shape index (κ2) is 4.92. The summed E-state index contributed by atoms with van der Waals surface area (Å²) in [6.07, 6.45) is 0. The number of aryl methyl sites for hydroxylation is 2. The molecule has 0 aliphatic heterocycles. The fraction of sp³-hybridized carbons (Fsp3) is 0.250. The Hall–Kier alpha value is -1.64. The lowest BCUT2D eigenvalue weighted by Gasteiger charge is -2.28. The highest BCUT2D eigenvalue weighted by Gasteiger charge is 2.31. The predicted octanol–water partition coefficient (Wildman–Crippen LogP) is 2.53. The number of benzene rings is 2. The van der Waals surface area contributed by atoms with Gasteiger partial charge in [0.25, 0.3) is 0 Å². The summed E-state index contributed by atoms with van der Waals surface area (Å²) in [6, 6.07) is 15.1. The molecule has 94 valence electrons. The van der Waals surface area contributed by atoms with E-state index >= 15 is 0 Å². The van der Waals surface area contributed by atoms with Crippen LogP contribution in [0.25, 0.3) is 0 Å². The number of rotatable bonds is 3. The molecule has 0 heterocycles. The molecule has 0 aromatic heterocycles. The lowest BCUT2D eigenvalue weighted by Crippen LogP contribution is -2.32. The summed E-state index contributed by atoms with van der Waals surface area (Å²) in [5, 5.41) is 20.4. The van der Waals surface area contributed by atoms with E-state index < -0.39 is 5.60 Å². The topological polar surface area (TPSA) is 40.5 Å². The smallest absolute Gasteiger partial charge is 0.138 e. The Balaban J connectivity index is 2.57. The Morgan fingerprint density at radius 1 is 1.00 bits per heavy atom. The Labute approximate surface area is 108 Å². The van der Waals surface area contributed by atoms with Crippen molar-refractivity contribution in [3.8, 4) is 0 Å². The first-order chi connectivity index (χ1) is 8.58. The molecule has 0 aliphatic carbocycles. The van der Waals surface area contributed by atoms with Crippen molar-refractivity contribution in [1.29, 1.82) is 0 Å². The Kier molecular flexibility index (Phi) is 3.50. The normalized spacial score (nSPS) is 14.2. The first kappa shape index (κ1) is 12.8. The van der Waals surface area contributed by atoms with Crippen molar-refractivity contribution < 1.29 is 10.2 Å². The van der Waals surface area contributed by atoms with E-state index in [2.05, 4.69) is 0 Å². The molecule has 0 radical (unpaired) electrons. The zero-order valence-corrected chi connectivity index (χ0v) is 10.7. The highest BCUT2D eigenvalue weighted by atomic mass is 16.3. The van der Waals surface area contributed by atoms with Gasteiger partial charge in [0.15, 0.2) is 0 Å². The molecular weight excluding hydrogens is 224 g/mol. The summed E-state index contributed by atoms with van der Waals surface area (Å²) in [5.41, 5.74) is 2.25. The van der Waals surface area contributed by atoms with Gasteiger partial charge in [-0.05, 0) is 30.5 Å². The van der Waals surface area contributed by atoms with E-state index in [1.807, 2.05) is 62.4 Å². The summed E-state index contributed by atoms with van der Waals surface area (Å²) >= 11 is 0. The molecule has 0 saturated carbocycles. The Morgan fingerprint density at radius 2 is 1.67 bits per heavy atom. The van der Waals surface area contributed by atoms with Crippen LogP contribution in [0.15, 0.2) is 48.5 Å². The van der Waals surface area contributed by atoms with Gasteiger partial charge in [-0.2, -0.15) is 0 Å². The van der Waals surface area contributed by atoms with Crippen LogP contribution in [0.3, 0.4) is 0 Å². The molecule has 0 bridgehead atoms. The molecule has 18 heavy (non-hydrogen) atoms. The van der Waals surface area contributed by atoms with Crippen LogP contribution >= 0.6 is 0 Å². The molecule has 0 amide bonds. The van der Waals surface area contributed by atoms with E-state index in [9.17, 15) is 10.2 Å². The lowest BCUT2D eigenvalue weighted by atomic mass is 9.84. The maximum atomic E-state index is 10.8. The number of hydrogen-bond donors (Lipinski definition) is 2. The molecule has 0 saturated heterocycles. The Morgan fingerprint density at radius 3 is 2.22 bits per heavy atom. The van der Waals surface area contributed by atoms with Crippen LogP contribution in [-0.4, -0.2) is 16.8 Å². The highest BCUT2D eigenvalue weighted by molar-refractivity contribution is 5.42. The van der Waals surface area contributed by atoms with Crippen molar-refractivity contribution >= 4 is 0 Å². The first-order valence-corrected chi connectivity index (χ1v) is 6.04. The molecule has 0 fully saturated rings. The van der Waals surface area contributed by atoms with Crippen LogP contribution in [0, 0.1) is 13.8 Å². The van der Waals surface area contributed by atoms with Gasteiger partial charge in [-0.1, -0.05) is 54.1 Å². The minimum atomic E-state index is -1.33. The molecule has 2 aromatic carbocycles. The minimum absolute atomic E-state index is 0.332. The first-order valence-electron chi connectivity index (χ1n) is 6.04. The average molecular weight is 242 g/mol. The van der Waals surface area contributed by atoms with Gasteiger partial charge < -0.3 is 10.2 Å². The van der Waals surface area contributed by atoms with E-state index in [1.165, 1.54) is 0 Å². The monoisotopic (exact) mass is 242 g/mol. The molecule has 1 atom stereocenters. The summed E-state index contributed by atoms with van der Waals surface area (Å²) in [6.45, 7) is 3.63. The van der Waals surface area contributed by atoms with Crippen LogP contribution in [0.4, 0.5) is 0 Å². The SMILES string of the molecule is Cc1ccc(C(O)(CO)c2ccccc2)c(C)c1. The summed E-state index contributed by atoms with van der Waals surface area (Å²) < 4.78 is 0. The van der Waals surface area contributed by atoms with Gasteiger partial charge in [0, 0.05) is 0 Å².